The van der Waals surface area contributed by atoms with Crippen LogP contribution >= 0.6 is 0 Å². The molecule has 2 aromatic heterocycles. The van der Waals surface area contributed by atoms with Crippen LogP contribution in [0.25, 0.3) is 11.2 Å². The zero-order chi connectivity index (χ0) is 12.4. The summed E-state index contributed by atoms with van der Waals surface area (Å²) in [6.07, 6.45) is -0.370. The van der Waals surface area contributed by atoms with E-state index in [1.54, 1.807) is 0 Å². The fourth-order valence-electron chi connectivity index (χ4n) is 1.46. The third kappa shape index (κ3) is 2.17. The van der Waals surface area contributed by atoms with Crippen LogP contribution < -0.4 is 5.56 Å². The molecule has 0 saturated carbocycles. The Hall–Kier alpha value is -1.80. The van der Waals surface area contributed by atoms with E-state index in [1.165, 1.54) is 4.68 Å². The molecule has 17 heavy (non-hydrogen) atoms. The zero-order valence-corrected chi connectivity index (χ0v) is 9.29. The van der Waals surface area contributed by atoms with Crippen molar-refractivity contribution in [3.63, 3.8) is 0 Å². The average molecular weight is 239 g/mol. The summed E-state index contributed by atoms with van der Waals surface area (Å²) in [6.45, 7) is 1.53. The molecule has 0 aromatic carbocycles. The van der Waals surface area contributed by atoms with E-state index in [-0.39, 0.29) is 24.2 Å². The summed E-state index contributed by atoms with van der Waals surface area (Å²) >= 11 is 0. The van der Waals surface area contributed by atoms with Crippen molar-refractivity contribution in [2.75, 3.05) is 6.61 Å². The summed E-state index contributed by atoms with van der Waals surface area (Å²) in [5.41, 5.74) is 0.0991. The first kappa shape index (κ1) is 11.7. The third-order valence-corrected chi connectivity index (χ3v) is 2.35. The van der Waals surface area contributed by atoms with Gasteiger partial charge in [0.2, 0.25) is 0 Å². The molecule has 2 rings (SSSR count). The summed E-state index contributed by atoms with van der Waals surface area (Å²) in [5, 5.41) is 25.5. The number of fused-ring (bicyclic) bond motifs is 1. The second-order valence-electron chi connectivity index (χ2n) is 3.65. The van der Waals surface area contributed by atoms with E-state index in [1.807, 2.05) is 6.92 Å². The molecule has 0 aliphatic carbocycles. The van der Waals surface area contributed by atoms with Gasteiger partial charge in [-0.3, -0.25) is 4.79 Å². The van der Waals surface area contributed by atoms with Crippen molar-refractivity contribution in [3.8, 4) is 0 Å². The largest absolute Gasteiger partial charge is 0.394 e. The highest BCUT2D eigenvalue weighted by Gasteiger charge is 2.13. The number of nitrogens with one attached hydrogen (secondary N) is 1. The van der Waals surface area contributed by atoms with Crippen LogP contribution in [-0.4, -0.2) is 47.9 Å². The first-order valence-electron chi connectivity index (χ1n) is 5.27. The molecule has 0 aliphatic heterocycles. The standard InChI is InChI=1S/C9H13N5O3/c1-2-6-10-8-7(9(17)11-6)12-13-14(8)3-5(16)4-15/h5,15-16H,2-4H2,1H3,(H,10,11,17). The molecule has 1 atom stereocenters. The van der Waals surface area contributed by atoms with Crippen molar-refractivity contribution < 1.29 is 10.2 Å². The summed E-state index contributed by atoms with van der Waals surface area (Å²) in [6, 6.07) is 0. The first-order valence-corrected chi connectivity index (χ1v) is 5.27. The molecule has 3 N–H and O–H groups in total. The average Bonchev–Trinajstić information content (AvgIpc) is 2.72. The topological polar surface area (TPSA) is 117 Å². The van der Waals surface area contributed by atoms with Crippen LogP contribution in [0, 0.1) is 0 Å². The molecule has 0 aliphatic rings. The second-order valence-corrected chi connectivity index (χ2v) is 3.65. The van der Waals surface area contributed by atoms with Crippen LogP contribution in [0.5, 0.6) is 0 Å². The van der Waals surface area contributed by atoms with Crippen molar-refractivity contribution >= 4 is 11.2 Å². The lowest BCUT2D eigenvalue weighted by atomic mass is 10.4. The smallest absolute Gasteiger partial charge is 0.281 e. The van der Waals surface area contributed by atoms with Crippen molar-refractivity contribution in [1.82, 2.24) is 25.0 Å². The van der Waals surface area contributed by atoms with E-state index in [9.17, 15) is 9.90 Å². The van der Waals surface area contributed by atoms with Gasteiger partial charge in [0.25, 0.3) is 5.56 Å². The fraction of sp³-hybridized carbons (Fsp3) is 0.556. The summed E-state index contributed by atoms with van der Waals surface area (Å²) < 4.78 is 1.31. The maximum atomic E-state index is 11.6. The van der Waals surface area contributed by atoms with Crippen molar-refractivity contribution in [2.45, 2.75) is 26.0 Å². The number of hydrogen-bond donors (Lipinski definition) is 3. The highest BCUT2D eigenvalue weighted by molar-refractivity contribution is 5.67. The van der Waals surface area contributed by atoms with E-state index >= 15 is 0 Å². The van der Waals surface area contributed by atoms with Crippen molar-refractivity contribution in [2.24, 2.45) is 0 Å². The first-order chi connectivity index (χ1) is 8.15. The lowest BCUT2D eigenvalue weighted by Crippen LogP contribution is -2.21. The van der Waals surface area contributed by atoms with Gasteiger partial charge in [0, 0.05) is 6.42 Å². The molecule has 0 bridgehead atoms. The molecule has 8 nitrogen and oxygen atoms in total. The highest BCUT2D eigenvalue weighted by Crippen LogP contribution is 2.04. The van der Waals surface area contributed by atoms with Crippen LogP contribution in [0.1, 0.15) is 12.7 Å². The molecule has 8 heteroatoms. The monoisotopic (exact) mass is 239 g/mol. The fourth-order valence-corrected chi connectivity index (χ4v) is 1.46. The van der Waals surface area contributed by atoms with Crippen LogP contribution in [0.15, 0.2) is 4.79 Å². The number of aryl methyl sites for hydroxylation is 1. The summed E-state index contributed by atoms with van der Waals surface area (Å²) in [4.78, 5) is 18.4. The number of H-pyrrole nitrogens is 1. The minimum absolute atomic E-state index is 0.0482. The lowest BCUT2D eigenvalue weighted by molar-refractivity contribution is 0.0787. The molecule has 0 fully saturated rings. The van der Waals surface area contributed by atoms with E-state index in [0.717, 1.165) is 0 Å². The molecular weight excluding hydrogens is 226 g/mol. The normalized spacial score (nSPS) is 13.1. The Kier molecular flexibility index (Phi) is 3.16. The van der Waals surface area contributed by atoms with E-state index < -0.39 is 6.10 Å². The number of aliphatic hydroxyl groups is 2. The predicted octanol–water partition coefficient (Wildman–Crippen LogP) is -1.57. The SMILES string of the molecule is CCc1nc2c(nnn2CC(O)CO)c(=O)[nH]1. The summed E-state index contributed by atoms with van der Waals surface area (Å²) in [5.74, 6) is 0.532. The maximum absolute atomic E-state index is 11.6. The van der Waals surface area contributed by atoms with Gasteiger partial charge in [-0.1, -0.05) is 12.1 Å². The highest BCUT2D eigenvalue weighted by atomic mass is 16.3. The Morgan fingerprint density at radius 1 is 1.53 bits per heavy atom. The molecule has 2 heterocycles. The minimum atomic E-state index is -0.953. The molecule has 0 radical (unpaired) electrons. The Balaban J connectivity index is 2.51. The van der Waals surface area contributed by atoms with Crippen molar-refractivity contribution in [1.29, 1.82) is 0 Å². The number of aliphatic hydroxyl groups excluding tert-OH is 2. The molecular formula is C9H13N5O3. The molecule has 0 saturated heterocycles. The van der Waals surface area contributed by atoms with Crippen LogP contribution in [-0.2, 0) is 13.0 Å². The predicted molar refractivity (Wildman–Crippen MR) is 58.4 cm³/mol. The molecule has 92 valence electrons. The van der Waals surface area contributed by atoms with Gasteiger partial charge < -0.3 is 15.2 Å². The number of aromatic amines is 1. The van der Waals surface area contributed by atoms with Gasteiger partial charge in [-0.2, -0.15) is 0 Å². The Bertz CT molecular complexity index is 576. The maximum Gasteiger partial charge on any atom is 0.281 e. The number of nitrogens with zero attached hydrogens (tertiary/aromatic N) is 4. The van der Waals surface area contributed by atoms with E-state index in [2.05, 4.69) is 20.3 Å². The second kappa shape index (κ2) is 4.60. The molecule has 1 unspecified atom stereocenters. The van der Waals surface area contributed by atoms with E-state index in [0.29, 0.717) is 17.9 Å². The van der Waals surface area contributed by atoms with Crippen LogP contribution in [0.2, 0.25) is 0 Å². The van der Waals surface area contributed by atoms with Gasteiger partial charge >= 0.3 is 0 Å². The van der Waals surface area contributed by atoms with Crippen LogP contribution in [0.4, 0.5) is 0 Å². The third-order valence-electron chi connectivity index (χ3n) is 2.35. The van der Waals surface area contributed by atoms with Gasteiger partial charge in [0.05, 0.1) is 19.3 Å². The van der Waals surface area contributed by atoms with Gasteiger partial charge in [0.1, 0.15) is 5.82 Å². The Morgan fingerprint density at radius 2 is 2.29 bits per heavy atom. The van der Waals surface area contributed by atoms with Gasteiger partial charge in [0.15, 0.2) is 11.2 Å². The number of aromatic nitrogens is 5. The zero-order valence-electron chi connectivity index (χ0n) is 9.29. The van der Waals surface area contributed by atoms with E-state index in [4.69, 9.17) is 5.11 Å². The van der Waals surface area contributed by atoms with Gasteiger partial charge in [-0.05, 0) is 0 Å². The Labute approximate surface area is 95.9 Å². The lowest BCUT2D eigenvalue weighted by Gasteiger charge is -2.06. The molecule has 2 aromatic rings. The van der Waals surface area contributed by atoms with Gasteiger partial charge in [-0.25, -0.2) is 9.67 Å². The summed E-state index contributed by atoms with van der Waals surface area (Å²) in [7, 11) is 0. The quantitative estimate of drug-likeness (QED) is 0.593. The minimum Gasteiger partial charge on any atom is -0.394 e. The molecule has 0 amide bonds. The molecule has 0 spiro atoms. The van der Waals surface area contributed by atoms with Crippen molar-refractivity contribution in [3.05, 3.63) is 16.2 Å². The Morgan fingerprint density at radius 3 is 2.94 bits per heavy atom. The van der Waals surface area contributed by atoms with Crippen LogP contribution in [0.3, 0.4) is 0 Å². The number of rotatable bonds is 4. The number of hydrogen-bond acceptors (Lipinski definition) is 6. The van der Waals surface area contributed by atoms with Gasteiger partial charge in [-0.15, -0.1) is 5.10 Å².